The van der Waals surface area contributed by atoms with E-state index in [9.17, 15) is 0 Å². The Labute approximate surface area is 248 Å². The largest absolute Gasteiger partial charge is 0.382 e. The van der Waals surface area contributed by atoms with Gasteiger partial charge in [-0.3, -0.25) is 0 Å². The van der Waals surface area contributed by atoms with Crippen LogP contribution >= 0.6 is 0 Å². The van der Waals surface area contributed by atoms with Crippen LogP contribution in [-0.4, -0.2) is 177 Å². The smallest absolute Gasteiger partial charge is 0.187 e. The lowest BCUT2D eigenvalue weighted by Gasteiger charge is -2.50. The normalized spacial score (nSPS) is 43.0. The number of rotatable bonds is 16. The van der Waals surface area contributed by atoms with Crippen LogP contribution in [0, 0.1) is 0 Å². The van der Waals surface area contributed by atoms with Gasteiger partial charge in [-0.1, -0.05) is 0 Å². The molecule has 0 N–H and O–H groups in total. The van der Waals surface area contributed by atoms with E-state index in [2.05, 4.69) is 0 Å². The second-order valence-corrected chi connectivity index (χ2v) is 10.1. The van der Waals surface area contributed by atoms with Gasteiger partial charge in [0.2, 0.25) is 0 Å². The van der Waals surface area contributed by atoms with Crippen molar-refractivity contribution in [2.45, 2.75) is 86.0 Å². The highest BCUT2D eigenvalue weighted by Crippen LogP contribution is 2.36. The summed E-state index contributed by atoms with van der Waals surface area (Å²) in [5.41, 5.74) is 0. The summed E-state index contributed by atoms with van der Waals surface area (Å²) in [5, 5.41) is 0. The minimum atomic E-state index is -0.990. The Bertz CT molecular complexity index is 748. The van der Waals surface area contributed by atoms with Crippen molar-refractivity contribution in [2.24, 2.45) is 0 Å². The molecule has 3 rings (SSSR count). The maximum absolute atomic E-state index is 6.67. The maximum Gasteiger partial charge on any atom is 0.187 e. The third kappa shape index (κ3) is 7.78. The highest BCUT2D eigenvalue weighted by molar-refractivity contribution is 4.98. The van der Waals surface area contributed by atoms with Crippen LogP contribution in [0.3, 0.4) is 0 Å². The molecule has 0 aliphatic carbocycles. The Morgan fingerprint density at radius 3 is 1.31 bits per heavy atom. The van der Waals surface area contributed by atoms with E-state index in [-0.39, 0.29) is 19.8 Å². The fourth-order valence-corrected chi connectivity index (χ4v) is 5.95. The minimum Gasteiger partial charge on any atom is -0.382 e. The molecule has 248 valence electrons. The van der Waals surface area contributed by atoms with Crippen LogP contribution in [-0.2, 0) is 71.1 Å². The topological polar surface area (TPSA) is 138 Å². The standard InChI is InChI=1S/C27H50O15/c1-28-11-15-18(32-5)20(34-7)22(35-8)26(39-15)41-21-19(33-6)16(12-29-2)40-27(23(21)36-9)42-24-17(31-4)14(30-3)13-38-25(24)37-10/h14-27H,11-13H2,1-10H3. The Kier molecular flexibility index (Phi) is 15.2. The SMILES string of the molecule is COCC1OC(OC2C(OC)C(COC)OC(OC3C(OC)OCC(OC)C3OC)C2OC)C(OC)C(OC)C1OC. The first kappa shape index (κ1) is 35.9. The molecule has 42 heavy (non-hydrogen) atoms. The number of hydrogen-bond acceptors (Lipinski definition) is 15. The lowest BCUT2D eigenvalue weighted by Crippen LogP contribution is -2.67. The predicted molar refractivity (Wildman–Crippen MR) is 143 cm³/mol. The molecular formula is C27H50O15. The van der Waals surface area contributed by atoms with Crippen molar-refractivity contribution in [3.05, 3.63) is 0 Å². The molecule has 0 bridgehead atoms. The first-order chi connectivity index (χ1) is 20.4. The van der Waals surface area contributed by atoms with Gasteiger partial charge in [0.15, 0.2) is 18.9 Å². The van der Waals surface area contributed by atoms with Crippen molar-refractivity contribution in [1.29, 1.82) is 0 Å². The van der Waals surface area contributed by atoms with Gasteiger partial charge in [-0.25, -0.2) is 0 Å². The molecule has 0 aromatic rings. The summed E-state index contributed by atoms with van der Waals surface area (Å²) in [6, 6.07) is 0. The van der Waals surface area contributed by atoms with Gasteiger partial charge in [-0.05, 0) is 0 Å². The minimum absolute atomic E-state index is 0.176. The van der Waals surface area contributed by atoms with Crippen molar-refractivity contribution >= 4 is 0 Å². The summed E-state index contributed by atoms with van der Waals surface area (Å²) in [6.07, 6.45) is -9.40. The van der Waals surface area contributed by atoms with Gasteiger partial charge in [0.05, 0.1) is 19.8 Å². The van der Waals surface area contributed by atoms with E-state index >= 15 is 0 Å². The molecule has 15 nitrogen and oxygen atoms in total. The first-order valence-corrected chi connectivity index (χ1v) is 13.8. The van der Waals surface area contributed by atoms with Crippen LogP contribution in [0.1, 0.15) is 0 Å². The van der Waals surface area contributed by atoms with Crippen LogP contribution in [0.15, 0.2) is 0 Å². The fraction of sp³-hybridized carbons (Fsp3) is 1.00. The van der Waals surface area contributed by atoms with Gasteiger partial charge in [-0.2, -0.15) is 0 Å². The zero-order valence-corrected chi connectivity index (χ0v) is 26.3. The Morgan fingerprint density at radius 2 is 0.881 bits per heavy atom. The van der Waals surface area contributed by atoms with Gasteiger partial charge in [0.25, 0.3) is 0 Å². The Hall–Kier alpha value is -0.600. The van der Waals surface area contributed by atoms with Crippen LogP contribution in [0.4, 0.5) is 0 Å². The third-order valence-corrected chi connectivity index (χ3v) is 7.98. The molecule has 3 aliphatic heterocycles. The summed E-state index contributed by atoms with van der Waals surface area (Å²) < 4.78 is 88.8. The van der Waals surface area contributed by atoms with E-state index < -0.39 is 86.0 Å². The molecule has 3 heterocycles. The average Bonchev–Trinajstić information content (AvgIpc) is 3.00. The molecule has 0 aromatic carbocycles. The maximum atomic E-state index is 6.67. The molecule has 0 amide bonds. The van der Waals surface area contributed by atoms with Crippen molar-refractivity contribution in [2.75, 3.05) is 90.9 Å². The lowest BCUT2D eigenvalue weighted by atomic mass is 9.96. The van der Waals surface area contributed by atoms with E-state index in [0.717, 1.165) is 0 Å². The van der Waals surface area contributed by atoms with E-state index in [1.807, 2.05) is 0 Å². The van der Waals surface area contributed by atoms with Crippen molar-refractivity contribution in [3.8, 4) is 0 Å². The molecule has 0 aromatic heterocycles. The van der Waals surface area contributed by atoms with Gasteiger partial charge in [0, 0.05) is 71.1 Å². The van der Waals surface area contributed by atoms with Gasteiger partial charge < -0.3 is 71.1 Å². The van der Waals surface area contributed by atoms with E-state index in [1.54, 1.807) is 56.9 Å². The van der Waals surface area contributed by atoms with Crippen molar-refractivity contribution in [1.82, 2.24) is 0 Å². The molecular weight excluding hydrogens is 564 g/mol. The average molecular weight is 615 g/mol. The number of methoxy groups -OCH3 is 10. The van der Waals surface area contributed by atoms with Gasteiger partial charge in [0.1, 0.15) is 67.1 Å². The molecule has 0 spiro atoms. The summed E-state index contributed by atoms with van der Waals surface area (Å²) in [7, 11) is 15.6. The summed E-state index contributed by atoms with van der Waals surface area (Å²) >= 11 is 0. The van der Waals surface area contributed by atoms with Crippen LogP contribution < -0.4 is 0 Å². The Morgan fingerprint density at radius 1 is 0.429 bits per heavy atom. The molecule has 14 unspecified atom stereocenters. The van der Waals surface area contributed by atoms with Crippen LogP contribution in [0.5, 0.6) is 0 Å². The van der Waals surface area contributed by atoms with E-state index in [0.29, 0.717) is 0 Å². The monoisotopic (exact) mass is 614 g/mol. The molecule has 3 saturated heterocycles. The molecule has 15 heteroatoms. The summed E-state index contributed by atoms with van der Waals surface area (Å²) in [5.74, 6) is 0. The van der Waals surface area contributed by atoms with Crippen molar-refractivity contribution in [3.63, 3.8) is 0 Å². The zero-order chi connectivity index (χ0) is 30.8. The molecule has 3 aliphatic rings. The number of ether oxygens (including phenoxy) is 15. The summed E-state index contributed by atoms with van der Waals surface area (Å²) in [6.45, 7) is 0.677. The van der Waals surface area contributed by atoms with Crippen LogP contribution in [0.2, 0.25) is 0 Å². The fourth-order valence-electron chi connectivity index (χ4n) is 5.95. The van der Waals surface area contributed by atoms with Crippen LogP contribution in [0.25, 0.3) is 0 Å². The molecule has 3 fully saturated rings. The first-order valence-electron chi connectivity index (χ1n) is 13.8. The second-order valence-electron chi connectivity index (χ2n) is 10.1. The summed E-state index contributed by atoms with van der Waals surface area (Å²) in [4.78, 5) is 0. The van der Waals surface area contributed by atoms with Gasteiger partial charge >= 0.3 is 0 Å². The van der Waals surface area contributed by atoms with Gasteiger partial charge in [-0.15, -0.1) is 0 Å². The second kappa shape index (κ2) is 17.8. The lowest BCUT2D eigenvalue weighted by molar-refractivity contribution is -0.386. The molecule has 14 atom stereocenters. The number of hydrogen-bond donors (Lipinski definition) is 0. The quantitative estimate of drug-likeness (QED) is 0.223. The van der Waals surface area contributed by atoms with Crippen molar-refractivity contribution < 1.29 is 71.1 Å². The highest BCUT2D eigenvalue weighted by atomic mass is 16.8. The van der Waals surface area contributed by atoms with E-state index in [1.165, 1.54) is 14.2 Å². The van der Waals surface area contributed by atoms with E-state index in [4.69, 9.17) is 71.1 Å². The molecule has 0 saturated carbocycles. The molecule has 0 radical (unpaired) electrons. The highest BCUT2D eigenvalue weighted by Gasteiger charge is 2.55. The Balaban J connectivity index is 1.95. The third-order valence-electron chi connectivity index (χ3n) is 7.98. The zero-order valence-electron chi connectivity index (χ0n) is 26.3. The predicted octanol–water partition coefficient (Wildman–Crippen LogP) is -0.393.